The van der Waals surface area contributed by atoms with Crippen molar-refractivity contribution in [2.75, 3.05) is 13.1 Å². The molecule has 3 heteroatoms. The van der Waals surface area contributed by atoms with E-state index in [0.717, 1.165) is 24.5 Å². The van der Waals surface area contributed by atoms with Gasteiger partial charge in [0.05, 0.1) is 0 Å². The molecule has 0 aromatic carbocycles. The first-order valence-corrected chi connectivity index (χ1v) is 6.65. The van der Waals surface area contributed by atoms with E-state index in [4.69, 9.17) is 6.42 Å². The number of terminal acetylenes is 1. The predicted octanol–water partition coefficient (Wildman–Crippen LogP) is 2.70. The number of pyridine rings is 1. The van der Waals surface area contributed by atoms with Crippen LogP contribution in [0.15, 0.2) is 30.1 Å². The lowest BCUT2D eigenvalue weighted by molar-refractivity contribution is -0.334. The van der Waals surface area contributed by atoms with Gasteiger partial charge in [0.1, 0.15) is 18.5 Å². The largest absolute Gasteiger partial charge is 0.375 e. The van der Waals surface area contributed by atoms with Crippen molar-refractivity contribution in [3.63, 3.8) is 0 Å². The van der Waals surface area contributed by atoms with Crippen LogP contribution < -0.4 is 0 Å². The number of hydrogen-bond donors (Lipinski definition) is 0. The topological polar surface area (TPSA) is 19.1 Å². The maximum absolute atomic E-state index is 5.54. The molecule has 19 heavy (non-hydrogen) atoms. The summed E-state index contributed by atoms with van der Waals surface area (Å²) in [6, 6.07) is 6.58. The fourth-order valence-electron chi connectivity index (χ4n) is 2.15. The summed E-state index contributed by atoms with van der Waals surface area (Å²) in [4.78, 5) is 6.72. The maximum Gasteiger partial charge on any atom is 0.336 e. The highest BCUT2D eigenvalue weighted by atomic mass is 15.1. The Bertz CT molecular complexity index is 526. The highest BCUT2D eigenvalue weighted by Crippen LogP contribution is 2.13. The summed E-state index contributed by atoms with van der Waals surface area (Å²) in [5, 5.41) is 0. The predicted molar refractivity (Wildman–Crippen MR) is 78.4 cm³/mol. The fourth-order valence-corrected chi connectivity index (χ4v) is 2.15. The zero-order valence-electron chi connectivity index (χ0n) is 11.6. The van der Waals surface area contributed by atoms with Crippen molar-refractivity contribution in [1.82, 2.24) is 9.88 Å². The van der Waals surface area contributed by atoms with E-state index in [9.17, 15) is 0 Å². The second-order valence-corrected chi connectivity index (χ2v) is 4.84. The average molecular weight is 254 g/mol. The smallest absolute Gasteiger partial charge is 0.336 e. The lowest BCUT2D eigenvalue weighted by atomic mass is 10.3. The Morgan fingerprint density at radius 1 is 1.42 bits per heavy atom. The van der Waals surface area contributed by atoms with Gasteiger partial charge in [-0.15, -0.1) is 0 Å². The number of nitrogens with zero attached hydrogens (tertiary/aromatic N) is 3. The highest BCUT2D eigenvalue weighted by molar-refractivity contribution is 5.68. The molecule has 2 rings (SSSR count). The summed E-state index contributed by atoms with van der Waals surface area (Å²) in [5.41, 5.74) is 2.38. The first-order valence-electron chi connectivity index (χ1n) is 6.65. The summed E-state index contributed by atoms with van der Waals surface area (Å²) in [6.45, 7) is 6.43. The van der Waals surface area contributed by atoms with Gasteiger partial charge in [-0.05, 0) is 49.4 Å². The zero-order valence-corrected chi connectivity index (χ0v) is 11.6. The summed E-state index contributed by atoms with van der Waals surface area (Å²) in [7, 11) is 0. The molecule has 1 saturated heterocycles. The molecule has 0 bridgehead atoms. The summed E-state index contributed by atoms with van der Waals surface area (Å²) in [5.74, 6) is 0.776. The average Bonchev–Trinajstić information content (AvgIpc) is 2.95. The Morgan fingerprint density at radius 3 is 2.74 bits per heavy atom. The van der Waals surface area contributed by atoms with Crippen LogP contribution in [0.2, 0.25) is 0 Å². The van der Waals surface area contributed by atoms with Crippen LogP contribution in [-0.4, -0.2) is 33.8 Å². The van der Waals surface area contributed by atoms with E-state index in [1.54, 1.807) is 4.58 Å². The molecule has 1 fully saturated rings. The van der Waals surface area contributed by atoms with Crippen LogP contribution >= 0.6 is 0 Å². The van der Waals surface area contributed by atoms with Gasteiger partial charge in [0.2, 0.25) is 0 Å². The van der Waals surface area contributed by atoms with Gasteiger partial charge in [-0.3, -0.25) is 0 Å². The van der Waals surface area contributed by atoms with Crippen LogP contribution in [0.5, 0.6) is 0 Å². The Kier molecular flexibility index (Phi) is 4.35. The van der Waals surface area contributed by atoms with Crippen LogP contribution in [-0.2, 0) is 0 Å². The van der Waals surface area contributed by atoms with E-state index in [1.165, 1.54) is 18.5 Å². The van der Waals surface area contributed by atoms with E-state index in [0.29, 0.717) is 0 Å². The number of aryl methyl sites for hydroxylation is 1. The van der Waals surface area contributed by atoms with Crippen LogP contribution in [0.4, 0.5) is 5.82 Å². The van der Waals surface area contributed by atoms with E-state index in [-0.39, 0.29) is 0 Å². The molecule has 0 saturated carbocycles. The monoisotopic (exact) mass is 254 g/mol. The van der Waals surface area contributed by atoms with Gasteiger partial charge in [0.15, 0.2) is 0 Å². The first kappa shape index (κ1) is 13.4. The summed E-state index contributed by atoms with van der Waals surface area (Å²) >= 11 is 0. The van der Waals surface area contributed by atoms with Gasteiger partial charge in [-0.2, -0.15) is 4.58 Å². The van der Waals surface area contributed by atoms with Gasteiger partial charge in [-0.25, -0.2) is 0 Å². The number of allylic oxidation sites excluding steroid dienone is 2. The SMILES string of the molecule is C#C[N+](=C/C=C(\C)N1CCCC1)c1ccc(C)cn1. The molecule has 98 valence electrons. The lowest BCUT2D eigenvalue weighted by Gasteiger charge is -2.16. The van der Waals surface area contributed by atoms with E-state index < -0.39 is 0 Å². The number of aromatic nitrogens is 1. The van der Waals surface area contributed by atoms with Gasteiger partial charge in [-0.1, -0.05) is 6.42 Å². The number of hydrogen-bond acceptors (Lipinski definition) is 2. The van der Waals surface area contributed by atoms with E-state index >= 15 is 0 Å². The van der Waals surface area contributed by atoms with Crippen molar-refractivity contribution in [3.05, 3.63) is 35.7 Å². The molecule has 1 aromatic rings. The number of rotatable bonds is 3. The molecule has 2 heterocycles. The number of likely N-dealkylation sites (tertiary alicyclic amines) is 1. The quantitative estimate of drug-likeness (QED) is 0.357. The molecule has 0 aliphatic carbocycles. The highest BCUT2D eigenvalue weighted by Gasteiger charge is 2.11. The van der Waals surface area contributed by atoms with Crippen molar-refractivity contribution in [2.24, 2.45) is 0 Å². The molecule has 0 radical (unpaired) electrons. The van der Waals surface area contributed by atoms with E-state index in [1.807, 2.05) is 31.5 Å². The van der Waals surface area contributed by atoms with Crippen molar-refractivity contribution < 1.29 is 4.58 Å². The Hall–Kier alpha value is -2.08. The fraction of sp³-hybridized carbons (Fsp3) is 0.375. The van der Waals surface area contributed by atoms with Crippen molar-refractivity contribution in [2.45, 2.75) is 26.7 Å². The molecule has 0 N–H and O–H groups in total. The van der Waals surface area contributed by atoms with Gasteiger partial charge >= 0.3 is 5.82 Å². The molecule has 1 aliphatic rings. The summed E-state index contributed by atoms with van der Waals surface area (Å²) < 4.78 is 1.71. The standard InChI is InChI=1S/C16H20N3/c1-4-18(16-8-7-14(2)13-17-16)12-9-15(3)19-10-5-6-11-19/h1,7-9,12-13H,5-6,10-11H2,2-3H3/q+1. The van der Waals surface area contributed by atoms with Crippen molar-refractivity contribution in [1.29, 1.82) is 0 Å². The summed E-state index contributed by atoms with van der Waals surface area (Å²) in [6.07, 6.45) is 13.9. The third-order valence-corrected chi connectivity index (χ3v) is 3.35. The molecule has 0 unspecified atom stereocenters. The molecule has 0 spiro atoms. The minimum absolute atomic E-state index is 0.776. The van der Waals surface area contributed by atoms with Gasteiger partial charge < -0.3 is 4.90 Å². The Morgan fingerprint density at radius 2 is 2.16 bits per heavy atom. The van der Waals surface area contributed by atoms with Crippen molar-refractivity contribution >= 4 is 12.0 Å². The van der Waals surface area contributed by atoms with Gasteiger partial charge in [0, 0.05) is 24.9 Å². The molecule has 1 aliphatic heterocycles. The van der Waals surface area contributed by atoms with Crippen LogP contribution in [0.1, 0.15) is 25.3 Å². The molecule has 1 aromatic heterocycles. The second-order valence-electron chi connectivity index (χ2n) is 4.84. The molecule has 0 atom stereocenters. The van der Waals surface area contributed by atoms with Crippen LogP contribution in [0.3, 0.4) is 0 Å². The first-order chi connectivity index (χ1) is 9.20. The third kappa shape index (κ3) is 3.45. The van der Waals surface area contributed by atoms with Crippen molar-refractivity contribution in [3.8, 4) is 12.5 Å². The molecule has 3 nitrogen and oxygen atoms in total. The minimum atomic E-state index is 0.776. The molecular formula is C16H20N3+. The maximum atomic E-state index is 5.54. The Labute approximate surface area is 115 Å². The molecular weight excluding hydrogens is 234 g/mol. The Balaban J connectivity index is 2.17. The van der Waals surface area contributed by atoms with Crippen LogP contribution in [0, 0.1) is 19.4 Å². The third-order valence-electron chi connectivity index (χ3n) is 3.35. The van der Waals surface area contributed by atoms with E-state index in [2.05, 4.69) is 28.9 Å². The normalized spacial score (nSPS) is 16.6. The van der Waals surface area contributed by atoms with Gasteiger partial charge in [0.25, 0.3) is 0 Å². The van der Waals surface area contributed by atoms with Crippen LogP contribution in [0.25, 0.3) is 0 Å². The minimum Gasteiger partial charge on any atom is -0.375 e. The lowest BCUT2D eigenvalue weighted by Crippen LogP contribution is -2.16. The second kappa shape index (κ2) is 6.19. The molecule has 0 amide bonds. The zero-order chi connectivity index (χ0) is 13.7.